The zero-order valence-electron chi connectivity index (χ0n) is 12.1. The highest BCUT2D eigenvalue weighted by atomic mass is 16.5. The molecule has 4 nitrogen and oxygen atoms in total. The number of nitrogens with one attached hydrogen (secondary N) is 1. The lowest BCUT2D eigenvalue weighted by Crippen LogP contribution is -2.46. The Morgan fingerprint density at radius 3 is 3.05 bits per heavy atom. The maximum Gasteiger partial charge on any atom is 0.0703 e. The molecule has 0 amide bonds. The zero-order chi connectivity index (χ0) is 13.3. The van der Waals surface area contributed by atoms with Crippen LogP contribution in [0.15, 0.2) is 12.4 Å². The predicted octanol–water partition coefficient (Wildman–Crippen LogP) is 2.83. The van der Waals surface area contributed by atoms with E-state index in [0.717, 1.165) is 25.9 Å². The van der Waals surface area contributed by atoms with Crippen molar-refractivity contribution in [3.63, 3.8) is 0 Å². The van der Waals surface area contributed by atoms with Crippen LogP contribution in [0.4, 0.5) is 0 Å². The van der Waals surface area contributed by atoms with Gasteiger partial charge >= 0.3 is 0 Å². The van der Waals surface area contributed by atoms with Crippen molar-refractivity contribution in [2.75, 3.05) is 13.7 Å². The highest BCUT2D eigenvalue weighted by Crippen LogP contribution is 2.45. The molecule has 4 heteroatoms. The zero-order valence-corrected chi connectivity index (χ0v) is 12.1. The summed E-state index contributed by atoms with van der Waals surface area (Å²) in [4.78, 5) is 0. The van der Waals surface area contributed by atoms with Gasteiger partial charge in [-0.15, -0.1) is 0 Å². The average Bonchev–Trinajstić information content (AvgIpc) is 2.88. The second-order valence-electron chi connectivity index (χ2n) is 6.03. The summed E-state index contributed by atoms with van der Waals surface area (Å²) in [5.74, 6) is 0. The molecule has 1 N–H and O–H groups in total. The highest BCUT2D eigenvalue weighted by Gasteiger charge is 2.43. The van der Waals surface area contributed by atoms with Crippen LogP contribution < -0.4 is 5.32 Å². The fourth-order valence-corrected chi connectivity index (χ4v) is 3.49. The minimum absolute atomic E-state index is 0.197. The van der Waals surface area contributed by atoms with Crippen LogP contribution in [0, 0.1) is 0 Å². The Morgan fingerprint density at radius 2 is 2.42 bits per heavy atom. The summed E-state index contributed by atoms with van der Waals surface area (Å²) < 4.78 is 8.17. The first-order valence-corrected chi connectivity index (χ1v) is 7.61. The summed E-state index contributed by atoms with van der Waals surface area (Å²) >= 11 is 0. The van der Waals surface area contributed by atoms with Crippen LogP contribution in [0.25, 0.3) is 0 Å². The maximum atomic E-state index is 6.00. The molecule has 19 heavy (non-hydrogen) atoms. The molecule has 0 aromatic carbocycles. The van der Waals surface area contributed by atoms with E-state index < -0.39 is 0 Å². The van der Waals surface area contributed by atoms with Gasteiger partial charge < -0.3 is 10.1 Å². The summed E-state index contributed by atoms with van der Waals surface area (Å²) in [6.07, 6.45) is 11.4. The van der Waals surface area contributed by atoms with Gasteiger partial charge in [-0.2, -0.15) is 5.10 Å². The quantitative estimate of drug-likeness (QED) is 0.908. The van der Waals surface area contributed by atoms with Crippen LogP contribution >= 0.6 is 0 Å². The third-order valence-corrected chi connectivity index (χ3v) is 4.89. The third kappa shape index (κ3) is 2.43. The Kier molecular flexibility index (Phi) is 3.63. The molecular formula is C15H25N3O. The van der Waals surface area contributed by atoms with Crippen molar-refractivity contribution >= 4 is 0 Å². The second-order valence-corrected chi connectivity index (χ2v) is 6.03. The number of ether oxygens (including phenoxy) is 1. The van der Waals surface area contributed by atoms with Gasteiger partial charge in [-0.1, -0.05) is 6.92 Å². The molecule has 1 saturated carbocycles. The van der Waals surface area contributed by atoms with Crippen molar-refractivity contribution in [1.82, 2.24) is 15.1 Å². The van der Waals surface area contributed by atoms with Gasteiger partial charge in [-0.3, -0.25) is 4.68 Å². The lowest BCUT2D eigenvalue weighted by Gasteiger charge is -2.47. The summed E-state index contributed by atoms with van der Waals surface area (Å²) in [5.41, 5.74) is 1.50. The van der Waals surface area contributed by atoms with Gasteiger partial charge in [0.1, 0.15) is 0 Å². The first-order valence-electron chi connectivity index (χ1n) is 7.61. The van der Waals surface area contributed by atoms with E-state index >= 15 is 0 Å². The van der Waals surface area contributed by atoms with Crippen LogP contribution in [0.2, 0.25) is 0 Å². The van der Waals surface area contributed by atoms with Crippen molar-refractivity contribution in [3.05, 3.63) is 18.0 Å². The number of rotatable bonds is 4. The van der Waals surface area contributed by atoms with Crippen LogP contribution in [-0.4, -0.2) is 29.0 Å². The molecule has 1 saturated heterocycles. The van der Waals surface area contributed by atoms with Gasteiger partial charge in [0, 0.05) is 24.4 Å². The molecule has 0 radical (unpaired) electrons. The van der Waals surface area contributed by atoms with E-state index in [1.54, 1.807) is 0 Å². The van der Waals surface area contributed by atoms with E-state index in [-0.39, 0.29) is 5.60 Å². The van der Waals surface area contributed by atoms with E-state index in [9.17, 15) is 0 Å². The molecule has 1 aliphatic carbocycles. The van der Waals surface area contributed by atoms with Gasteiger partial charge in [-0.05, 0) is 45.6 Å². The van der Waals surface area contributed by atoms with Crippen LogP contribution in [0.1, 0.15) is 63.1 Å². The second kappa shape index (κ2) is 5.25. The SMILES string of the molecule is CCC(NC)c1cnn(C2CCOC3(CCC3)C2)c1. The average molecular weight is 263 g/mol. The van der Waals surface area contributed by atoms with E-state index in [0.29, 0.717) is 12.1 Å². The molecule has 2 heterocycles. The molecule has 2 unspecified atom stereocenters. The van der Waals surface area contributed by atoms with Crippen LogP contribution in [0.5, 0.6) is 0 Å². The molecule has 2 aliphatic rings. The van der Waals surface area contributed by atoms with Crippen molar-refractivity contribution in [2.24, 2.45) is 0 Å². The largest absolute Gasteiger partial charge is 0.375 e. The maximum absolute atomic E-state index is 6.00. The van der Waals surface area contributed by atoms with E-state index in [2.05, 4.69) is 28.2 Å². The monoisotopic (exact) mass is 263 g/mol. The fourth-order valence-electron chi connectivity index (χ4n) is 3.49. The Morgan fingerprint density at radius 1 is 1.58 bits per heavy atom. The minimum atomic E-state index is 0.197. The summed E-state index contributed by atoms with van der Waals surface area (Å²) in [7, 11) is 2.02. The Labute approximate surface area is 115 Å². The number of hydrogen-bond donors (Lipinski definition) is 1. The molecule has 2 atom stereocenters. The molecule has 1 spiro atoms. The lowest BCUT2D eigenvalue weighted by molar-refractivity contribution is -0.141. The van der Waals surface area contributed by atoms with Crippen molar-refractivity contribution in [1.29, 1.82) is 0 Å². The minimum Gasteiger partial charge on any atom is -0.375 e. The third-order valence-electron chi connectivity index (χ3n) is 4.89. The topological polar surface area (TPSA) is 39.1 Å². The van der Waals surface area contributed by atoms with E-state index in [4.69, 9.17) is 4.74 Å². The molecule has 0 bridgehead atoms. The fraction of sp³-hybridized carbons (Fsp3) is 0.800. The van der Waals surface area contributed by atoms with Gasteiger partial charge in [0.2, 0.25) is 0 Å². The van der Waals surface area contributed by atoms with Gasteiger partial charge in [0.05, 0.1) is 17.8 Å². The number of aromatic nitrogens is 2. The molecular weight excluding hydrogens is 238 g/mol. The van der Waals surface area contributed by atoms with Crippen LogP contribution in [-0.2, 0) is 4.74 Å². The van der Waals surface area contributed by atoms with E-state index in [1.807, 2.05) is 13.2 Å². The first kappa shape index (κ1) is 13.1. The van der Waals surface area contributed by atoms with Crippen molar-refractivity contribution in [3.8, 4) is 0 Å². The summed E-state index contributed by atoms with van der Waals surface area (Å²) in [6.45, 7) is 3.10. The lowest BCUT2D eigenvalue weighted by atomic mass is 9.74. The van der Waals surface area contributed by atoms with Gasteiger partial charge in [-0.25, -0.2) is 0 Å². The van der Waals surface area contributed by atoms with Gasteiger partial charge in [0.25, 0.3) is 0 Å². The molecule has 1 aromatic heterocycles. The molecule has 3 rings (SSSR count). The highest BCUT2D eigenvalue weighted by molar-refractivity contribution is 5.11. The molecule has 2 fully saturated rings. The molecule has 1 aromatic rings. The summed E-state index contributed by atoms with van der Waals surface area (Å²) in [5, 5.41) is 7.95. The molecule has 106 valence electrons. The van der Waals surface area contributed by atoms with E-state index in [1.165, 1.54) is 24.8 Å². The Hall–Kier alpha value is -0.870. The standard InChI is InChI=1S/C15H25N3O/c1-3-14(16-2)12-10-17-18(11-12)13-5-8-19-15(9-13)6-4-7-15/h10-11,13-14,16H,3-9H2,1-2H3. The van der Waals surface area contributed by atoms with Crippen LogP contribution in [0.3, 0.4) is 0 Å². The van der Waals surface area contributed by atoms with Gasteiger partial charge in [0.15, 0.2) is 0 Å². The number of hydrogen-bond acceptors (Lipinski definition) is 3. The Bertz CT molecular complexity index is 421. The predicted molar refractivity (Wildman–Crippen MR) is 75.1 cm³/mol. The summed E-state index contributed by atoms with van der Waals surface area (Å²) in [6, 6.07) is 0.948. The smallest absolute Gasteiger partial charge is 0.0703 e. The van der Waals surface area contributed by atoms with Crippen molar-refractivity contribution < 1.29 is 4.74 Å². The molecule has 1 aliphatic heterocycles. The Balaban J connectivity index is 1.71. The number of nitrogens with zero attached hydrogens (tertiary/aromatic N) is 2. The van der Waals surface area contributed by atoms with Crippen molar-refractivity contribution in [2.45, 2.75) is 63.1 Å². The normalized spacial score (nSPS) is 27.2. The first-order chi connectivity index (χ1) is 9.26.